The third-order valence-corrected chi connectivity index (χ3v) is 3.45. The summed E-state index contributed by atoms with van der Waals surface area (Å²) in [6, 6.07) is 13.3. The lowest BCUT2D eigenvalue weighted by atomic mass is 10.0. The average Bonchev–Trinajstić information content (AvgIpc) is 2.60. The third kappa shape index (κ3) is 2.84. The number of hydrogen-bond donors (Lipinski definition) is 4. The molecule has 0 saturated carbocycles. The van der Waals surface area contributed by atoms with Crippen LogP contribution >= 0.6 is 0 Å². The number of rotatable bonds is 4. The van der Waals surface area contributed by atoms with Crippen LogP contribution in [-0.2, 0) is 0 Å². The van der Waals surface area contributed by atoms with Crippen molar-refractivity contribution in [2.75, 3.05) is 23.5 Å². The summed E-state index contributed by atoms with van der Waals surface area (Å²) in [5.74, 6) is 0.547. The van der Waals surface area contributed by atoms with Gasteiger partial charge in [-0.2, -0.15) is 0 Å². The summed E-state index contributed by atoms with van der Waals surface area (Å²) >= 11 is 0. The standard InChI is InChI=1S/C16H16N6O/c1-18-14-13(17)15(20-9-19-14)21-22-16(23)12-8-4-6-10-5-2-3-7-11(10)12/h2-9H,17H2,1H3,(H,22,23)(H2,18,19,20,21). The molecular weight excluding hydrogens is 292 g/mol. The van der Waals surface area contributed by atoms with Crippen LogP contribution in [0.4, 0.5) is 17.3 Å². The van der Waals surface area contributed by atoms with Crippen LogP contribution in [0.2, 0.25) is 0 Å². The van der Waals surface area contributed by atoms with Gasteiger partial charge in [-0.25, -0.2) is 9.97 Å². The number of hydrazine groups is 1. The molecule has 3 aromatic rings. The van der Waals surface area contributed by atoms with Crippen LogP contribution in [-0.4, -0.2) is 22.9 Å². The van der Waals surface area contributed by atoms with E-state index in [1.54, 1.807) is 13.1 Å². The number of carbonyl (C=O) groups excluding carboxylic acids is 1. The van der Waals surface area contributed by atoms with E-state index in [0.29, 0.717) is 22.9 Å². The maximum atomic E-state index is 12.4. The van der Waals surface area contributed by atoms with Gasteiger partial charge in [0.25, 0.3) is 5.91 Å². The number of aromatic nitrogens is 2. The van der Waals surface area contributed by atoms with E-state index in [2.05, 4.69) is 26.1 Å². The van der Waals surface area contributed by atoms with E-state index in [9.17, 15) is 4.79 Å². The first kappa shape index (κ1) is 14.6. The van der Waals surface area contributed by atoms with Gasteiger partial charge in [0.1, 0.15) is 12.0 Å². The van der Waals surface area contributed by atoms with Crippen molar-refractivity contribution in [3.63, 3.8) is 0 Å². The Bertz CT molecular complexity index is 859. The number of amides is 1. The lowest BCUT2D eigenvalue weighted by Crippen LogP contribution is -2.30. The van der Waals surface area contributed by atoms with E-state index in [1.807, 2.05) is 36.4 Å². The Hall–Kier alpha value is -3.35. The highest BCUT2D eigenvalue weighted by molar-refractivity contribution is 6.07. The molecule has 1 amide bonds. The smallest absolute Gasteiger partial charge is 0.270 e. The van der Waals surface area contributed by atoms with Gasteiger partial charge in [-0.3, -0.25) is 15.6 Å². The maximum absolute atomic E-state index is 12.4. The summed E-state index contributed by atoms with van der Waals surface area (Å²) in [6.45, 7) is 0. The molecule has 0 unspecified atom stereocenters. The Morgan fingerprint density at radius 1 is 1.04 bits per heavy atom. The summed E-state index contributed by atoms with van der Waals surface area (Å²) in [5.41, 5.74) is 12.1. The van der Waals surface area contributed by atoms with Gasteiger partial charge < -0.3 is 11.1 Å². The van der Waals surface area contributed by atoms with Crippen molar-refractivity contribution in [3.05, 3.63) is 54.4 Å². The van der Waals surface area contributed by atoms with Crippen molar-refractivity contribution in [1.82, 2.24) is 15.4 Å². The molecule has 5 N–H and O–H groups in total. The van der Waals surface area contributed by atoms with Crippen LogP contribution in [0.5, 0.6) is 0 Å². The summed E-state index contributed by atoms with van der Waals surface area (Å²) in [4.78, 5) is 20.4. The molecule has 0 fully saturated rings. The minimum absolute atomic E-state index is 0.272. The van der Waals surface area contributed by atoms with Gasteiger partial charge in [-0.1, -0.05) is 36.4 Å². The van der Waals surface area contributed by atoms with Crippen molar-refractivity contribution in [2.45, 2.75) is 0 Å². The summed E-state index contributed by atoms with van der Waals surface area (Å²) in [5, 5.41) is 4.73. The number of anilines is 3. The first-order valence-electron chi connectivity index (χ1n) is 7.03. The van der Waals surface area contributed by atoms with Crippen molar-refractivity contribution < 1.29 is 4.79 Å². The molecule has 0 atom stereocenters. The number of nitrogen functional groups attached to an aromatic ring is 1. The van der Waals surface area contributed by atoms with E-state index < -0.39 is 0 Å². The molecule has 0 radical (unpaired) electrons. The van der Waals surface area contributed by atoms with E-state index >= 15 is 0 Å². The number of fused-ring (bicyclic) bond motifs is 1. The normalized spacial score (nSPS) is 10.3. The van der Waals surface area contributed by atoms with Gasteiger partial charge in [-0.15, -0.1) is 0 Å². The highest BCUT2D eigenvalue weighted by Crippen LogP contribution is 2.21. The van der Waals surface area contributed by atoms with Gasteiger partial charge in [0.15, 0.2) is 11.6 Å². The minimum Gasteiger partial charge on any atom is -0.393 e. The van der Waals surface area contributed by atoms with Gasteiger partial charge in [0.05, 0.1) is 0 Å². The number of nitrogens with two attached hydrogens (primary N) is 1. The Balaban J connectivity index is 1.82. The predicted octanol–water partition coefficient (Wildman–Crippen LogP) is 2.01. The summed E-state index contributed by atoms with van der Waals surface area (Å²) in [7, 11) is 1.71. The molecule has 0 aliphatic carbocycles. The second-order valence-corrected chi connectivity index (χ2v) is 4.84. The third-order valence-electron chi connectivity index (χ3n) is 3.45. The lowest BCUT2D eigenvalue weighted by molar-refractivity contribution is 0.0964. The number of nitrogens with zero attached hydrogens (tertiary/aromatic N) is 2. The Labute approximate surface area is 132 Å². The lowest BCUT2D eigenvalue weighted by Gasteiger charge is -2.12. The van der Waals surface area contributed by atoms with Crippen LogP contribution in [0.15, 0.2) is 48.8 Å². The summed E-state index contributed by atoms with van der Waals surface area (Å²) in [6.07, 6.45) is 1.36. The quantitative estimate of drug-likeness (QED) is 0.550. The van der Waals surface area contributed by atoms with Gasteiger partial charge in [0.2, 0.25) is 0 Å². The fourth-order valence-corrected chi connectivity index (χ4v) is 2.30. The number of hydrogen-bond acceptors (Lipinski definition) is 6. The SMILES string of the molecule is CNc1ncnc(NNC(=O)c2cccc3ccccc23)c1N. The first-order valence-corrected chi connectivity index (χ1v) is 7.03. The molecule has 7 nitrogen and oxygen atoms in total. The van der Waals surface area contributed by atoms with Crippen LogP contribution < -0.4 is 21.9 Å². The second-order valence-electron chi connectivity index (χ2n) is 4.84. The predicted molar refractivity (Wildman–Crippen MR) is 91.0 cm³/mol. The minimum atomic E-state index is -0.272. The monoisotopic (exact) mass is 308 g/mol. The van der Waals surface area contributed by atoms with Gasteiger partial charge in [-0.05, 0) is 16.8 Å². The molecule has 0 aliphatic heterocycles. The van der Waals surface area contributed by atoms with Crippen LogP contribution in [0.1, 0.15) is 10.4 Å². The molecule has 2 aromatic carbocycles. The van der Waals surface area contributed by atoms with Crippen molar-refractivity contribution in [2.24, 2.45) is 0 Å². The van der Waals surface area contributed by atoms with Crippen molar-refractivity contribution >= 4 is 34.0 Å². The molecule has 0 bridgehead atoms. The molecule has 1 heterocycles. The first-order chi connectivity index (χ1) is 11.2. The Morgan fingerprint density at radius 3 is 2.61 bits per heavy atom. The molecule has 23 heavy (non-hydrogen) atoms. The van der Waals surface area contributed by atoms with E-state index in [-0.39, 0.29) is 5.91 Å². The molecule has 0 saturated heterocycles. The number of nitrogens with one attached hydrogen (secondary N) is 3. The van der Waals surface area contributed by atoms with Gasteiger partial charge >= 0.3 is 0 Å². The second kappa shape index (κ2) is 6.18. The van der Waals surface area contributed by atoms with E-state index in [4.69, 9.17) is 5.73 Å². The Morgan fingerprint density at radius 2 is 1.78 bits per heavy atom. The van der Waals surface area contributed by atoms with Gasteiger partial charge in [0, 0.05) is 12.6 Å². The zero-order valence-corrected chi connectivity index (χ0v) is 12.5. The molecule has 7 heteroatoms. The van der Waals surface area contributed by atoms with E-state index in [0.717, 1.165) is 10.8 Å². The van der Waals surface area contributed by atoms with E-state index in [1.165, 1.54) is 6.33 Å². The zero-order valence-electron chi connectivity index (χ0n) is 12.5. The summed E-state index contributed by atoms with van der Waals surface area (Å²) < 4.78 is 0. The molecule has 0 aliphatic rings. The highest BCUT2D eigenvalue weighted by atomic mass is 16.2. The molecule has 1 aromatic heterocycles. The molecule has 3 rings (SSSR count). The van der Waals surface area contributed by atoms with Crippen molar-refractivity contribution in [3.8, 4) is 0 Å². The zero-order chi connectivity index (χ0) is 16.2. The average molecular weight is 308 g/mol. The number of carbonyl (C=O) groups is 1. The maximum Gasteiger partial charge on any atom is 0.270 e. The molecular formula is C16H16N6O. The fourth-order valence-electron chi connectivity index (χ4n) is 2.30. The molecule has 0 spiro atoms. The Kier molecular flexibility index (Phi) is 3.92. The fraction of sp³-hybridized carbons (Fsp3) is 0.0625. The van der Waals surface area contributed by atoms with Crippen molar-refractivity contribution in [1.29, 1.82) is 0 Å². The highest BCUT2D eigenvalue weighted by Gasteiger charge is 2.11. The number of benzene rings is 2. The topological polar surface area (TPSA) is 105 Å². The van der Waals surface area contributed by atoms with Crippen LogP contribution in [0.25, 0.3) is 10.8 Å². The largest absolute Gasteiger partial charge is 0.393 e. The van der Waals surface area contributed by atoms with Crippen LogP contribution in [0.3, 0.4) is 0 Å². The molecule has 116 valence electrons. The van der Waals surface area contributed by atoms with Crippen LogP contribution in [0, 0.1) is 0 Å².